The Labute approximate surface area is 246 Å². The number of ether oxygens (including phenoxy) is 3. The van der Waals surface area contributed by atoms with Gasteiger partial charge in [-0.15, -0.1) is 0 Å². The summed E-state index contributed by atoms with van der Waals surface area (Å²) in [4.78, 5) is 24.6. The molecule has 218 valence electrons. The van der Waals surface area contributed by atoms with Crippen LogP contribution in [-0.4, -0.2) is 24.1 Å². The number of rotatable bonds is 11. The molecule has 0 saturated carbocycles. The van der Waals surface area contributed by atoms with Crippen LogP contribution in [0.5, 0.6) is 17.2 Å². The monoisotopic (exact) mass is 596 g/mol. The van der Waals surface area contributed by atoms with E-state index in [-0.39, 0.29) is 30.1 Å². The van der Waals surface area contributed by atoms with E-state index in [0.717, 1.165) is 11.6 Å². The van der Waals surface area contributed by atoms with Gasteiger partial charge in [0, 0.05) is 42.5 Å². The molecule has 0 unspecified atom stereocenters. The Kier molecular flexibility index (Phi) is 9.59. The molecule has 0 heterocycles. The number of carbonyl (C=O) groups excluding carboxylic acids is 1. The maximum atomic E-state index is 14.6. The molecule has 1 atom stereocenters. The molecule has 0 aliphatic rings. The van der Waals surface area contributed by atoms with Crippen LogP contribution in [0.25, 0.3) is 0 Å². The lowest BCUT2D eigenvalue weighted by Gasteiger charge is -2.27. The van der Waals surface area contributed by atoms with E-state index in [4.69, 9.17) is 21.1 Å². The molecule has 0 saturated heterocycles. The summed E-state index contributed by atoms with van der Waals surface area (Å²) >= 11 is 6.21. The van der Waals surface area contributed by atoms with Gasteiger partial charge in [-0.05, 0) is 55.8 Å². The molecule has 0 spiro atoms. The Morgan fingerprint density at radius 1 is 1.00 bits per heavy atom. The highest BCUT2D eigenvalue weighted by atomic mass is 35.5. The number of hydrogen-bond acceptors (Lipinski definition) is 7. The zero-order valence-corrected chi connectivity index (χ0v) is 23.7. The standard InChI is InChI=1S/C31H27ClF2N2O6/c1-19-28(5-4-6-29(19)36(38)39)35(18-22-9-10-23(33)15-27(22)34)17-21-7-11-24(12-8-21)42-25-13-14-26(32)30(16-25)41-20(2)31(37)40-3/h4-16,20H,17-18H2,1-3H3/t20-/m1/s1. The van der Waals surface area contributed by atoms with Gasteiger partial charge in [0.15, 0.2) is 6.10 Å². The van der Waals surface area contributed by atoms with Gasteiger partial charge in [0.25, 0.3) is 5.69 Å². The fourth-order valence-electron chi connectivity index (χ4n) is 4.30. The van der Waals surface area contributed by atoms with E-state index in [1.54, 1.807) is 54.3 Å². The first-order valence-electron chi connectivity index (χ1n) is 12.8. The van der Waals surface area contributed by atoms with Crippen LogP contribution in [0.15, 0.2) is 78.9 Å². The molecule has 4 aromatic carbocycles. The number of nitrogens with zero attached hydrogens (tertiary/aromatic N) is 2. The van der Waals surface area contributed by atoms with Crippen molar-refractivity contribution in [1.82, 2.24) is 0 Å². The number of nitro groups is 1. The Morgan fingerprint density at radius 2 is 1.71 bits per heavy atom. The zero-order chi connectivity index (χ0) is 30.4. The van der Waals surface area contributed by atoms with Crippen LogP contribution in [0.2, 0.25) is 5.02 Å². The molecule has 0 amide bonds. The second-order valence-corrected chi connectivity index (χ2v) is 9.80. The average Bonchev–Trinajstić information content (AvgIpc) is 2.96. The van der Waals surface area contributed by atoms with Crippen molar-refractivity contribution < 1.29 is 32.7 Å². The van der Waals surface area contributed by atoms with Gasteiger partial charge in [-0.2, -0.15) is 0 Å². The minimum atomic E-state index is -0.872. The third-order valence-corrected chi connectivity index (χ3v) is 6.77. The van der Waals surface area contributed by atoms with Gasteiger partial charge in [-0.1, -0.05) is 35.9 Å². The number of methoxy groups -OCH3 is 1. The summed E-state index contributed by atoms with van der Waals surface area (Å²) < 4.78 is 44.3. The molecule has 0 aliphatic heterocycles. The highest BCUT2D eigenvalue weighted by Gasteiger charge is 2.20. The first kappa shape index (κ1) is 30.3. The highest BCUT2D eigenvalue weighted by Crippen LogP contribution is 2.34. The molecule has 0 fully saturated rings. The maximum Gasteiger partial charge on any atom is 0.346 e. The van der Waals surface area contributed by atoms with E-state index < -0.39 is 28.6 Å². The van der Waals surface area contributed by atoms with E-state index in [1.807, 2.05) is 12.1 Å². The Balaban J connectivity index is 1.56. The fourth-order valence-corrected chi connectivity index (χ4v) is 4.46. The summed E-state index contributed by atoms with van der Waals surface area (Å²) in [5, 5.41) is 11.9. The Hall–Kier alpha value is -4.70. The fraction of sp³-hybridized carbons (Fsp3) is 0.194. The van der Waals surface area contributed by atoms with Gasteiger partial charge in [0.05, 0.1) is 22.6 Å². The second kappa shape index (κ2) is 13.3. The molecule has 0 radical (unpaired) electrons. The number of halogens is 3. The smallest absolute Gasteiger partial charge is 0.346 e. The third-order valence-electron chi connectivity index (χ3n) is 6.46. The summed E-state index contributed by atoms with van der Waals surface area (Å²) in [6.45, 7) is 3.49. The van der Waals surface area contributed by atoms with Crippen LogP contribution in [0.1, 0.15) is 23.6 Å². The lowest BCUT2D eigenvalue weighted by atomic mass is 10.1. The quantitative estimate of drug-likeness (QED) is 0.0992. The topological polar surface area (TPSA) is 91.1 Å². The number of hydrogen-bond donors (Lipinski definition) is 0. The predicted molar refractivity (Wildman–Crippen MR) is 154 cm³/mol. The van der Waals surface area contributed by atoms with Crippen LogP contribution in [0.4, 0.5) is 20.2 Å². The Bertz CT molecular complexity index is 1600. The van der Waals surface area contributed by atoms with Crippen LogP contribution in [0, 0.1) is 28.7 Å². The molecule has 8 nitrogen and oxygen atoms in total. The minimum Gasteiger partial charge on any atom is -0.477 e. The lowest BCUT2D eigenvalue weighted by molar-refractivity contribution is -0.385. The van der Waals surface area contributed by atoms with Crippen LogP contribution < -0.4 is 14.4 Å². The SMILES string of the molecule is COC(=O)[C@@H](C)Oc1cc(Oc2ccc(CN(Cc3ccc(F)cc3F)c3cccc([N+](=O)[O-])c3C)cc2)ccc1Cl. The molecule has 42 heavy (non-hydrogen) atoms. The number of benzene rings is 4. The minimum absolute atomic E-state index is 0.0456. The van der Waals surface area contributed by atoms with Gasteiger partial charge in [-0.3, -0.25) is 10.1 Å². The third kappa shape index (κ3) is 7.32. The summed E-state index contributed by atoms with van der Waals surface area (Å²) in [5.41, 5.74) is 1.95. The number of carbonyl (C=O) groups is 1. The first-order valence-corrected chi connectivity index (χ1v) is 13.2. The summed E-state index contributed by atoms with van der Waals surface area (Å²) in [5.74, 6) is -0.791. The molecular weight excluding hydrogens is 570 g/mol. The predicted octanol–water partition coefficient (Wildman–Crippen LogP) is 7.77. The van der Waals surface area contributed by atoms with Gasteiger partial charge >= 0.3 is 5.97 Å². The van der Waals surface area contributed by atoms with Gasteiger partial charge in [0.1, 0.15) is 28.9 Å². The second-order valence-electron chi connectivity index (χ2n) is 9.39. The van der Waals surface area contributed by atoms with Crippen molar-refractivity contribution >= 4 is 28.9 Å². The summed E-state index contributed by atoms with van der Waals surface area (Å²) in [6, 6.07) is 19.9. The van der Waals surface area contributed by atoms with Crippen LogP contribution in [-0.2, 0) is 22.6 Å². The van der Waals surface area contributed by atoms with Crippen molar-refractivity contribution in [2.45, 2.75) is 33.0 Å². The average molecular weight is 597 g/mol. The molecule has 0 aliphatic carbocycles. The van der Waals surface area contributed by atoms with Crippen molar-refractivity contribution in [1.29, 1.82) is 0 Å². The normalized spacial score (nSPS) is 11.5. The molecule has 0 N–H and O–H groups in total. The summed E-state index contributed by atoms with van der Waals surface area (Å²) in [6.07, 6.45) is -0.872. The maximum absolute atomic E-state index is 14.6. The van der Waals surface area contributed by atoms with E-state index in [2.05, 4.69) is 4.74 Å². The number of anilines is 1. The molecule has 0 aromatic heterocycles. The largest absolute Gasteiger partial charge is 0.477 e. The Morgan fingerprint density at radius 3 is 2.38 bits per heavy atom. The molecule has 4 aromatic rings. The molecule has 0 bridgehead atoms. The van der Waals surface area contributed by atoms with Crippen molar-refractivity contribution in [2.75, 3.05) is 12.0 Å². The highest BCUT2D eigenvalue weighted by molar-refractivity contribution is 6.32. The zero-order valence-electron chi connectivity index (χ0n) is 23.0. The van der Waals surface area contributed by atoms with E-state index in [1.165, 1.54) is 32.2 Å². The van der Waals surface area contributed by atoms with Crippen LogP contribution in [0.3, 0.4) is 0 Å². The van der Waals surface area contributed by atoms with Crippen molar-refractivity contribution in [2.24, 2.45) is 0 Å². The number of esters is 1. The summed E-state index contributed by atoms with van der Waals surface area (Å²) in [7, 11) is 1.26. The van der Waals surface area contributed by atoms with Crippen LogP contribution >= 0.6 is 11.6 Å². The first-order chi connectivity index (χ1) is 20.0. The van der Waals surface area contributed by atoms with Crippen molar-refractivity contribution in [3.63, 3.8) is 0 Å². The van der Waals surface area contributed by atoms with Gasteiger partial charge in [-0.25, -0.2) is 13.6 Å². The van der Waals surface area contributed by atoms with E-state index >= 15 is 0 Å². The van der Waals surface area contributed by atoms with Gasteiger partial charge < -0.3 is 19.1 Å². The van der Waals surface area contributed by atoms with Gasteiger partial charge in [0.2, 0.25) is 0 Å². The lowest BCUT2D eigenvalue weighted by Crippen LogP contribution is -2.25. The van der Waals surface area contributed by atoms with E-state index in [9.17, 15) is 23.7 Å². The molecule has 11 heteroatoms. The van der Waals surface area contributed by atoms with E-state index in [0.29, 0.717) is 27.8 Å². The number of nitro benzene ring substituents is 1. The molecular formula is C31H27ClF2N2O6. The van der Waals surface area contributed by atoms with Crippen molar-refractivity contribution in [3.8, 4) is 17.2 Å². The molecule has 4 rings (SSSR count). The van der Waals surface area contributed by atoms with Crippen molar-refractivity contribution in [3.05, 3.63) is 122 Å².